The van der Waals surface area contributed by atoms with Gasteiger partial charge in [0.05, 0.1) is 28.9 Å². The van der Waals surface area contributed by atoms with Crippen molar-refractivity contribution in [1.29, 1.82) is 0 Å². The van der Waals surface area contributed by atoms with Gasteiger partial charge in [0.2, 0.25) is 0 Å². The lowest BCUT2D eigenvalue weighted by Gasteiger charge is -2.07. The van der Waals surface area contributed by atoms with Gasteiger partial charge in [-0.15, -0.1) is 0 Å². The van der Waals surface area contributed by atoms with Crippen molar-refractivity contribution in [2.24, 2.45) is 0 Å². The van der Waals surface area contributed by atoms with Gasteiger partial charge in [0.25, 0.3) is 0 Å². The number of aromatic carboxylic acids is 1. The zero-order valence-electron chi connectivity index (χ0n) is 16.6. The molecule has 0 aliphatic rings. The highest BCUT2D eigenvalue weighted by atomic mass is 16.4. The molecule has 7 heteroatoms. The first-order chi connectivity index (χ1) is 15.1. The first kappa shape index (κ1) is 18.6. The summed E-state index contributed by atoms with van der Waals surface area (Å²) in [4.78, 5) is 32.0. The fourth-order valence-electron chi connectivity index (χ4n) is 3.55. The van der Waals surface area contributed by atoms with E-state index in [-0.39, 0.29) is 5.69 Å². The summed E-state index contributed by atoms with van der Waals surface area (Å²) in [5.74, 6) is -1.06. The Morgan fingerprint density at radius 3 is 2.65 bits per heavy atom. The molecule has 0 aliphatic heterocycles. The minimum absolute atomic E-state index is 0.00170. The van der Waals surface area contributed by atoms with Gasteiger partial charge in [-0.2, -0.15) is 0 Å². The summed E-state index contributed by atoms with van der Waals surface area (Å²) in [5.41, 5.74) is 6.76. The minimum Gasteiger partial charge on any atom is -0.477 e. The number of H-pyrrole nitrogens is 1. The third-order valence-corrected chi connectivity index (χ3v) is 5.05. The molecule has 0 saturated carbocycles. The van der Waals surface area contributed by atoms with E-state index in [9.17, 15) is 9.90 Å². The number of aromatic amines is 1. The molecule has 4 heterocycles. The van der Waals surface area contributed by atoms with Crippen LogP contribution >= 0.6 is 0 Å². The molecule has 0 aliphatic carbocycles. The quantitative estimate of drug-likeness (QED) is 0.445. The summed E-state index contributed by atoms with van der Waals surface area (Å²) >= 11 is 0. The van der Waals surface area contributed by atoms with E-state index in [0.29, 0.717) is 0 Å². The number of carbonyl (C=O) groups is 1. The maximum absolute atomic E-state index is 11.2. The van der Waals surface area contributed by atoms with Crippen molar-refractivity contribution < 1.29 is 9.90 Å². The summed E-state index contributed by atoms with van der Waals surface area (Å²) in [6.07, 6.45) is 4.89. The van der Waals surface area contributed by atoms with Gasteiger partial charge >= 0.3 is 5.97 Å². The number of aryl methyl sites for hydroxylation is 1. The van der Waals surface area contributed by atoms with Gasteiger partial charge in [-0.3, -0.25) is 9.97 Å². The summed E-state index contributed by atoms with van der Waals surface area (Å²) in [6.45, 7) is 1.96. The molecule has 1 aromatic carbocycles. The molecule has 0 radical (unpaired) electrons. The Labute approximate surface area is 177 Å². The Balaban J connectivity index is 1.59. The van der Waals surface area contributed by atoms with E-state index in [2.05, 4.69) is 24.9 Å². The first-order valence-corrected chi connectivity index (χ1v) is 9.66. The van der Waals surface area contributed by atoms with E-state index < -0.39 is 5.97 Å². The van der Waals surface area contributed by atoms with E-state index in [1.165, 1.54) is 6.20 Å². The predicted molar refractivity (Wildman–Crippen MR) is 117 cm³/mol. The maximum atomic E-state index is 11.2. The SMILES string of the molecule is Cc1cccc(-c2[nH]cnc2-c2ccc3ncc(-c4ccnc(C(=O)O)c4)cc3c2)n1. The van der Waals surface area contributed by atoms with E-state index >= 15 is 0 Å². The minimum atomic E-state index is -1.06. The van der Waals surface area contributed by atoms with Gasteiger partial charge in [-0.05, 0) is 55.0 Å². The summed E-state index contributed by atoms with van der Waals surface area (Å²) in [7, 11) is 0. The molecule has 0 amide bonds. The van der Waals surface area contributed by atoms with Crippen molar-refractivity contribution in [1.82, 2.24) is 24.9 Å². The van der Waals surface area contributed by atoms with Crippen LogP contribution in [0.4, 0.5) is 0 Å². The molecular formula is C24H17N5O2. The van der Waals surface area contributed by atoms with Crippen LogP contribution in [0.3, 0.4) is 0 Å². The predicted octanol–water partition coefficient (Wildman–Crippen LogP) is 4.76. The Kier molecular flexibility index (Phi) is 4.48. The van der Waals surface area contributed by atoms with Crippen LogP contribution in [-0.4, -0.2) is 36.0 Å². The molecule has 0 fully saturated rings. The molecule has 5 aromatic rings. The van der Waals surface area contributed by atoms with Gasteiger partial charge in [0.15, 0.2) is 0 Å². The molecule has 7 nitrogen and oxygen atoms in total. The Morgan fingerprint density at radius 2 is 1.81 bits per heavy atom. The number of carboxylic acids is 1. The molecule has 2 N–H and O–H groups in total. The molecule has 0 unspecified atom stereocenters. The van der Waals surface area contributed by atoms with Crippen molar-refractivity contribution >= 4 is 16.9 Å². The van der Waals surface area contributed by atoms with Gasteiger partial charge in [-0.1, -0.05) is 12.1 Å². The van der Waals surface area contributed by atoms with Crippen molar-refractivity contribution in [3.8, 4) is 33.8 Å². The highest BCUT2D eigenvalue weighted by Crippen LogP contribution is 2.31. The van der Waals surface area contributed by atoms with Crippen LogP contribution in [0.1, 0.15) is 16.2 Å². The number of nitrogens with one attached hydrogen (secondary N) is 1. The Hall–Kier alpha value is -4.39. The zero-order chi connectivity index (χ0) is 21.4. The molecule has 150 valence electrons. The monoisotopic (exact) mass is 407 g/mol. The number of carboxylic acid groups (broad SMARTS) is 1. The third-order valence-electron chi connectivity index (χ3n) is 5.05. The molecule has 4 aromatic heterocycles. The topological polar surface area (TPSA) is 105 Å². The maximum Gasteiger partial charge on any atom is 0.354 e. The van der Waals surface area contributed by atoms with Crippen molar-refractivity contribution in [2.75, 3.05) is 0 Å². The number of hydrogen-bond acceptors (Lipinski definition) is 5. The molecular weight excluding hydrogens is 390 g/mol. The number of aromatic nitrogens is 5. The number of hydrogen-bond donors (Lipinski definition) is 2. The van der Waals surface area contributed by atoms with Crippen LogP contribution in [0.15, 0.2) is 73.3 Å². The fraction of sp³-hybridized carbons (Fsp3) is 0.0417. The van der Waals surface area contributed by atoms with Crippen LogP contribution in [0.5, 0.6) is 0 Å². The number of rotatable bonds is 4. The second-order valence-corrected chi connectivity index (χ2v) is 7.16. The molecule has 0 bridgehead atoms. The number of benzene rings is 1. The van der Waals surface area contributed by atoms with Crippen molar-refractivity contribution in [2.45, 2.75) is 6.92 Å². The molecule has 31 heavy (non-hydrogen) atoms. The van der Waals surface area contributed by atoms with Crippen molar-refractivity contribution in [3.05, 3.63) is 84.7 Å². The second-order valence-electron chi connectivity index (χ2n) is 7.16. The lowest BCUT2D eigenvalue weighted by Crippen LogP contribution is -1.99. The standard InChI is InChI=1S/C24H17N5O2/c1-14-3-2-4-20(29-14)23-22(27-13-28-23)16-5-6-19-17(9-16)10-18(12-26-19)15-7-8-25-21(11-15)24(30)31/h2-13H,1H3,(H,27,28)(H,30,31). The molecule has 5 rings (SSSR count). The molecule has 0 saturated heterocycles. The number of fused-ring (bicyclic) bond motifs is 1. The Bertz CT molecular complexity index is 1440. The van der Waals surface area contributed by atoms with Crippen LogP contribution in [-0.2, 0) is 0 Å². The Morgan fingerprint density at radius 1 is 0.935 bits per heavy atom. The van der Waals surface area contributed by atoms with Crippen LogP contribution in [0, 0.1) is 6.92 Å². The summed E-state index contributed by atoms with van der Waals surface area (Å²) in [6, 6.07) is 17.2. The molecule has 0 spiro atoms. The average Bonchev–Trinajstić information content (AvgIpc) is 3.28. The van der Waals surface area contributed by atoms with E-state index in [1.807, 2.05) is 49.4 Å². The van der Waals surface area contributed by atoms with Gasteiger partial charge in [0.1, 0.15) is 5.69 Å². The van der Waals surface area contributed by atoms with Crippen LogP contribution in [0.2, 0.25) is 0 Å². The third kappa shape index (κ3) is 3.53. The van der Waals surface area contributed by atoms with Crippen LogP contribution < -0.4 is 0 Å². The lowest BCUT2D eigenvalue weighted by atomic mass is 10.0. The smallest absolute Gasteiger partial charge is 0.354 e. The van der Waals surface area contributed by atoms with Crippen molar-refractivity contribution in [3.63, 3.8) is 0 Å². The van der Waals surface area contributed by atoms with Gasteiger partial charge < -0.3 is 10.1 Å². The zero-order valence-corrected chi connectivity index (χ0v) is 16.6. The number of imidazole rings is 1. The second kappa shape index (κ2) is 7.46. The van der Waals surface area contributed by atoms with E-state index in [4.69, 9.17) is 0 Å². The summed E-state index contributed by atoms with van der Waals surface area (Å²) < 4.78 is 0. The largest absolute Gasteiger partial charge is 0.477 e. The summed E-state index contributed by atoms with van der Waals surface area (Å²) in [5, 5.41) is 10.1. The first-order valence-electron chi connectivity index (χ1n) is 9.66. The number of pyridine rings is 3. The van der Waals surface area contributed by atoms with Gasteiger partial charge in [0, 0.05) is 34.6 Å². The van der Waals surface area contributed by atoms with Gasteiger partial charge in [-0.25, -0.2) is 14.8 Å². The van der Waals surface area contributed by atoms with E-state index in [1.54, 1.807) is 24.7 Å². The number of nitrogens with zero attached hydrogens (tertiary/aromatic N) is 4. The normalized spacial score (nSPS) is 11.0. The van der Waals surface area contributed by atoms with Crippen LogP contribution in [0.25, 0.3) is 44.7 Å². The van der Waals surface area contributed by atoms with E-state index in [0.717, 1.165) is 50.4 Å². The fourth-order valence-corrected chi connectivity index (χ4v) is 3.55. The average molecular weight is 407 g/mol. The highest BCUT2D eigenvalue weighted by Gasteiger charge is 2.13. The highest BCUT2D eigenvalue weighted by molar-refractivity contribution is 5.90. The molecule has 0 atom stereocenters. The lowest BCUT2D eigenvalue weighted by molar-refractivity contribution is 0.0690.